The van der Waals surface area contributed by atoms with E-state index in [-0.39, 0.29) is 42.0 Å². The number of ether oxygens (including phenoxy) is 1. The van der Waals surface area contributed by atoms with Crippen LogP contribution in [-0.4, -0.2) is 18.3 Å². The summed E-state index contributed by atoms with van der Waals surface area (Å²) in [6.45, 7) is 7.81. The van der Waals surface area contributed by atoms with E-state index in [0.29, 0.717) is 17.7 Å². The van der Waals surface area contributed by atoms with Crippen LogP contribution >= 0.6 is 0 Å². The summed E-state index contributed by atoms with van der Waals surface area (Å²) in [6.07, 6.45) is 0.475. The predicted octanol–water partition coefficient (Wildman–Crippen LogP) is 4.72. The molecule has 0 saturated carbocycles. The summed E-state index contributed by atoms with van der Waals surface area (Å²) < 4.78 is 18.9. The number of halogens is 1. The van der Waals surface area contributed by atoms with Gasteiger partial charge in [0.1, 0.15) is 11.6 Å². The van der Waals surface area contributed by atoms with Gasteiger partial charge in [0.25, 0.3) is 5.91 Å². The summed E-state index contributed by atoms with van der Waals surface area (Å²) in [6, 6.07) is 9.56. The lowest BCUT2D eigenvalue weighted by Crippen LogP contribution is -2.35. The van der Waals surface area contributed by atoms with Gasteiger partial charge < -0.3 is 10.1 Å². The van der Waals surface area contributed by atoms with E-state index >= 15 is 0 Å². The van der Waals surface area contributed by atoms with Crippen LogP contribution in [0.25, 0.3) is 0 Å². The molecule has 0 saturated heterocycles. The number of hydrogen-bond acceptors (Lipinski definition) is 3. The summed E-state index contributed by atoms with van der Waals surface area (Å²) in [4.78, 5) is 24.9. The zero-order chi connectivity index (χ0) is 20.4. The molecule has 2 aromatic rings. The lowest BCUT2D eigenvalue weighted by molar-refractivity contribution is -0.124. The van der Waals surface area contributed by atoms with Crippen molar-refractivity contribution < 1.29 is 18.7 Å². The summed E-state index contributed by atoms with van der Waals surface area (Å²) in [5.74, 6) is 0.231. The SMILES string of the molecule is Cc1ccc(OCC(=O)N[C@H](c2ccc(F)cc2)C(C)C)c2c1[C@@H](C)CC2=O. The van der Waals surface area contributed by atoms with Gasteiger partial charge in [0.2, 0.25) is 0 Å². The van der Waals surface area contributed by atoms with E-state index in [0.717, 1.165) is 16.7 Å². The average Bonchev–Trinajstić information content (AvgIpc) is 2.95. The number of nitrogens with one attached hydrogen (secondary N) is 1. The van der Waals surface area contributed by atoms with Crippen molar-refractivity contribution in [1.82, 2.24) is 5.32 Å². The van der Waals surface area contributed by atoms with E-state index in [1.807, 2.05) is 33.8 Å². The molecular formula is C23H26FNO3. The predicted molar refractivity (Wildman–Crippen MR) is 106 cm³/mol. The third-order valence-electron chi connectivity index (χ3n) is 5.26. The second-order valence-corrected chi connectivity index (χ2v) is 7.83. The molecule has 3 rings (SSSR count). The van der Waals surface area contributed by atoms with Crippen LogP contribution in [-0.2, 0) is 4.79 Å². The van der Waals surface area contributed by atoms with Crippen LogP contribution in [0.5, 0.6) is 5.75 Å². The Kier molecular flexibility index (Phi) is 5.82. The molecular weight excluding hydrogens is 357 g/mol. The van der Waals surface area contributed by atoms with Gasteiger partial charge >= 0.3 is 0 Å². The molecule has 4 nitrogen and oxygen atoms in total. The Balaban J connectivity index is 1.71. The van der Waals surface area contributed by atoms with Crippen LogP contribution in [0, 0.1) is 18.7 Å². The molecule has 5 heteroatoms. The number of carbonyl (C=O) groups is 2. The van der Waals surface area contributed by atoms with E-state index in [2.05, 4.69) is 5.32 Å². The average molecular weight is 383 g/mol. The normalized spacial score (nSPS) is 16.8. The standard InChI is InChI=1S/C23H26FNO3/c1-13(2)23(16-6-8-17(24)9-7-16)25-20(27)12-28-19-10-5-14(3)21-15(4)11-18(26)22(19)21/h5-10,13,15,23H,11-12H2,1-4H3,(H,25,27)/t15-,23-/m0/s1. The molecule has 0 bridgehead atoms. The molecule has 1 N–H and O–H groups in total. The van der Waals surface area contributed by atoms with Crippen molar-refractivity contribution in [3.8, 4) is 5.75 Å². The zero-order valence-electron chi connectivity index (χ0n) is 16.7. The molecule has 0 heterocycles. The Morgan fingerprint density at radius 3 is 2.54 bits per heavy atom. The minimum Gasteiger partial charge on any atom is -0.483 e. The van der Waals surface area contributed by atoms with E-state index in [4.69, 9.17) is 4.74 Å². The molecule has 2 atom stereocenters. The Bertz CT molecular complexity index is 889. The number of amides is 1. The molecule has 0 aliphatic heterocycles. The molecule has 1 aliphatic rings. The summed E-state index contributed by atoms with van der Waals surface area (Å²) >= 11 is 0. The van der Waals surface area contributed by atoms with Gasteiger partial charge in [-0.05, 0) is 53.6 Å². The van der Waals surface area contributed by atoms with Gasteiger partial charge in [0, 0.05) is 6.42 Å². The topological polar surface area (TPSA) is 55.4 Å². The van der Waals surface area contributed by atoms with Gasteiger partial charge in [0.15, 0.2) is 12.4 Å². The van der Waals surface area contributed by atoms with Crippen LogP contribution in [0.2, 0.25) is 0 Å². The largest absolute Gasteiger partial charge is 0.483 e. The van der Waals surface area contributed by atoms with Gasteiger partial charge in [-0.25, -0.2) is 4.39 Å². The van der Waals surface area contributed by atoms with Crippen LogP contribution in [0.15, 0.2) is 36.4 Å². The van der Waals surface area contributed by atoms with Crippen LogP contribution in [0.4, 0.5) is 4.39 Å². The van der Waals surface area contributed by atoms with E-state index in [9.17, 15) is 14.0 Å². The highest BCUT2D eigenvalue weighted by molar-refractivity contribution is 6.04. The number of aryl methyl sites for hydroxylation is 1. The smallest absolute Gasteiger partial charge is 0.258 e. The first-order chi connectivity index (χ1) is 13.3. The minimum absolute atomic E-state index is 0.0629. The van der Waals surface area contributed by atoms with Crippen molar-refractivity contribution in [1.29, 1.82) is 0 Å². The van der Waals surface area contributed by atoms with Crippen molar-refractivity contribution in [2.24, 2.45) is 5.92 Å². The number of benzene rings is 2. The van der Waals surface area contributed by atoms with Gasteiger partial charge in [-0.1, -0.05) is 39.0 Å². The molecule has 0 spiro atoms. The first-order valence-corrected chi connectivity index (χ1v) is 9.62. The second kappa shape index (κ2) is 8.13. The maximum absolute atomic E-state index is 13.2. The second-order valence-electron chi connectivity index (χ2n) is 7.83. The molecule has 0 unspecified atom stereocenters. The van der Waals surface area contributed by atoms with Gasteiger partial charge in [0.05, 0.1) is 11.6 Å². The number of fused-ring (bicyclic) bond motifs is 1. The van der Waals surface area contributed by atoms with Gasteiger partial charge in [-0.3, -0.25) is 9.59 Å². The zero-order valence-corrected chi connectivity index (χ0v) is 16.7. The Labute approximate surface area is 165 Å². The van der Waals surface area contributed by atoms with E-state index in [1.54, 1.807) is 18.2 Å². The van der Waals surface area contributed by atoms with E-state index < -0.39 is 0 Å². The fourth-order valence-corrected chi connectivity index (χ4v) is 3.89. The molecule has 0 radical (unpaired) electrons. The minimum atomic E-state index is -0.312. The molecule has 28 heavy (non-hydrogen) atoms. The van der Waals surface area contributed by atoms with Crippen LogP contribution in [0.3, 0.4) is 0 Å². The van der Waals surface area contributed by atoms with Gasteiger partial charge in [-0.15, -0.1) is 0 Å². The maximum Gasteiger partial charge on any atom is 0.258 e. The summed E-state index contributed by atoms with van der Waals surface area (Å²) in [7, 11) is 0. The highest BCUT2D eigenvalue weighted by Crippen LogP contribution is 2.40. The van der Waals surface area contributed by atoms with E-state index in [1.165, 1.54) is 12.1 Å². The number of ketones is 1. The number of Topliss-reactive ketones (excluding diaryl/α,β-unsaturated/α-hetero) is 1. The van der Waals surface area contributed by atoms with Crippen molar-refractivity contribution in [2.45, 2.75) is 46.1 Å². The first kappa shape index (κ1) is 20.1. The lowest BCUT2D eigenvalue weighted by Gasteiger charge is -2.23. The van der Waals surface area contributed by atoms with Gasteiger partial charge in [-0.2, -0.15) is 0 Å². The number of carbonyl (C=O) groups excluding carboxylic acids is 2. The highest BCUT2D eigenvalue weighted by atomic mass is 19.1. The molecule has 1 amide bonds. The Morgan fingerprint density at radius 1 is 1.21 bits per heavy atom. The highest BCUT2D eigenvalue weighted by Gasteiger charge is 2.31. The molecule has 148 valence electrons. The number of hydrogen-bond donors (Lipinski definition) is 1. The van der Waals surface area contributed by atoms with Crippen molar-refractivity contribution in [3.05, 3.63) is 64.5 Å². The van der Waals surface area contributed by atoms with Crippen molar-refractivity contribution >= 4 is 11.7 Å². The maximum atomic E-state index is 13.2. The fourth-order valence-electron chi connectivity index (χ4n) is 3.89. The van der Waals surface area contributed by atoms with Crippen molar-refractivity contribution in [2.75, 3.05) is 6.61 Å². The monoisotopic (exact) mass is 383 g/mol. The first-order valence-electron chi connectivity index (χ1n) is 9.62. The molecule has 0 aromatic heterocycles. The van der Waals surface area contributed by atoms with Crippen molar-refractivity contribution in [3.63, 3.8) is 0 Å². The lowest BCUT2D eigenvalue weighted by atomic mass is 9.96. The molecule has 2 aromatic carbocycles. The third-order valence-corrected chi connectivity index (χ3v) is 5.26. The Morgan fingerprint density at radius 2 is 1.89 bits per heavy atom. The number of rotatable bonds is 6. The fraction of sp³-hybridized carbons (Fsp3) is 0.391. The third kappa shape index (κ3) is 4.08. The quantitative estimate of drug-likeness (QED) is 0.785. The molecule has 0 fully saturated rings. The molecule has 1 aliphatic carbocycles. The van der Waals surface area contributed by atoms with Crippen LogP contribution < -0.4 is 10.1 Å². The Hall–Kier alpha value is -2.69. The van der Waals surface area contributed by atoms with Crippen LogP contribution in [0.1, 0.15) is 66.2 Å². The summed E-state index contributed by atoms with van der Waals surface area (Å²) in [5.41, 5.74) is 3.54. The summed E-state index contributed by atoms with van der Waals surface area (Å²) in [5, 5.41) is 2.95.